The van der Waals surface area contributed by atoms with Crippen LogP contribution in [-0.2, 0) is 4.74 Å². The van der Waals surface area contributed by atoms with Crippen molar-refractivity contribution in [3.63, 3.8) is 0 Å². The molecule has 0 amide bonds. The molecule has 0 aliphatic rings. The van der Waals surface area contributed by atoms with E-state index in [9.17, 15) is 0 Å². The van der Waals surface area contributed by atoms with Gasteiger partial charge in [-0.15, -0.1) is 0 Å². The molecular formula is C13H26OS2. The van der Waals surface area contributed by atoms with E-state index in [1.807, 2.05) is 6.92 Å². The van der Waals surface area contributed by atoms with E-state index in [4.69, 9.17) is 17.0 Å². The summed E-state index contributed by atoms with van der Waals surface area (Å²) in [6, 6.07) is 0. The van der Waals surface area contributed by atoms with Gasteiger partial charge in [-0.2, -0.15) is 0 Å². The summed E-state index contributed by atoms with van der Waals surface area (Å²) in [4.78, 5) is 0. The number of unbranched alkanes of at least 4 members (excludes halogenated alkanes) is 7. The molecule has 0 bridgehead atoms. The lowest BCUT2D eigenvalue weighted by Crippen LogP contribution is -1.96. The summed E-state index contributed by atoms with van der Waals surface area (Å²) in [5.74, 6) is 1.12. The quantitative estimate of drug-likeness (QED) is 0.396. The van der Waals surface area contributed by atoms with E-state index < -0.39 is 0 Å². The smallest absolute Gasteiger partial charge is 0.219 e. The van der Waals surface area contributed by atoms with Crippen LogP contribution in [0, 0.1) is 0 Å². The Hall–Kier alpha value is 0.240. The second kappa shape index (κ2) is 13.3. The van der Waals surface area contributed by atoms with Crippen molar-refractivity contribution in [2.24, 2.45) is 0 Å². The molecule has 0 saturated heterocycles. The van der Waals surface area contributed by atoms with Gasteiger partial charge in [-0.3, -0.25) is 0 Å². The molecule has 0 heterocycles. The predicted octanol–water partition coefficient (Wildman–Crippen LogP) is 5.18. The Kier molecular flexibility index (Phi) is 13.5. The molecule has 0 aliphatic heterocycles. The number of thioether (sulfide) groups is 1. The Labute approximate surface area is 111 Å². The van der Waals surface area contributed by atoms with Crippen LogP contribution in [0.1, 0.15) is 65.2 Å². The first-order valence-electron chi connectivity index (χ1n) is 6.60. The van der Waals surface area contributed by atoms with Crippen LogP contribution in [0.15, 0.2) is 0 Å². The van der Waals surface area contributed by atoms with Crippen LogP contribution < -0.4 is 0 Å². The third-order valence-corrected chi connectivity index (χ3v) is 3.80. The van der Waals surface area contributed by atoms with Crippen LogP contribution in [0.25, 0.3) is 0 Å². The number of thiocarbonyl (C=S) groups is 1. The third kappa shape index (κ3) is 12.3. The average Bonchev–Trinajstić information content (AvgIpc) is 2.27. The van der Waals surface area contributed by atoms with Gasteiger partial charge in [-0.25, -0.2) is 0 Å². The van der Waals surface area contributed by atoms with Crippen LogP contribution in [0.5, 0.6) is 0 Å². The Morgan fingerprint density at radius 1 is 0.938 bits per heavy atom. The maximum Gasteiger partial charge on any atom is 0.219 e. The molecule has 0 radical (unpaired) electrons. The van der Waals surface area contributed by atoms with Gasteiger partial charge in [0.25, 0.3) is 0 Å². The zero-order valence-corrected chi connectivity index (χ0v) is 12.4. The first-order chi connectivity index (χ1) is 7.81. The van der Waals surface area contributed by atoms with Crippen molar-refractivity contribution in [2.75, 3.05) is 12.4 Å². The highest BCUT2D eigenvalue weighted by Crippen LogP contribution is 2.12. The fourth-order valence-electron chi connectivity index (χ4n) is 1.55. The van der Waals surface area contributed by atoms with Crippen molar-refractivity contribution >= 4 is 28.4 Å². The van der Waals surface area contributed by atoms with E-state index >= 15 is 0 Å². The minimum absolute atomic E-state index is 0.698. The average molecular weight is 262 g/mol. The number of ether oxygens (including phenoxy) is 1. The van der Waals surface area contributed by atoms with E-state index in [0.717, 1.165) is 5.75 Å². The Bertz CT molecular complexity index is 160. The summed E-state index contributed by atoms with van der Waals surface area (Å²) < 4.78 is 5.92. The topological polar surface area (TPSA) is 9.23 Å². The monoisotopic (exact) mass is 262 g/mol. The lowest BCUT2D eigenvalue weighted by atomic mass is 10.1. The van der Waals surface area contributed by atoms with Gasteiger partial charge in [0.2, 0.25) is 4.38 Å². The zero-order chi connectivity index (χ0) is 12.1. The molecule has 0 aromatic rings. The minimum atomic E-state index is 0.698. The summed E-state index contributed by atoms with van der Waals surface area (Å²) in [5.41, 5.74) is 0. The molecule has 0 unspecified atom stereocenters. The van der Waals surface area contributed by atoms with Gasteiger partial charge in [-0.1, -0.05) is 63.6 Å². The van der Waals surface area contributed by atoms with Crippen molar-refractivity contribution in [3.05, 3.63) is 0 Å². The lowest BCUT2D eigenvalue weighted by Gasteiger charge is -2.04. The van der Waals surface area contributed by atoms with Crippen molar-refractivity contribution < 1.29 is 4.74 Å². The highest BCUT2D eigenvalue weighted by atomic mass is 32.2. The van der Waals surface area contributed by atoms with E-state index in [0.29, 0.717) is 11.0 Å². The summed E-state index contributed by atoms with van der Waals surface area (Å²) in [5, 5.41) is 0. The van der Waals surface area contributed by atoms with Crippen LogP contribution >= 0.6 is 24.0 Å². The van der Waals surface area contributed by atoms with E-state index in [1.54, 1.807) is 11.8 Å². The molecule has 0 aliphatic carbocycles. The third-order valence-electron chi connectivity index (χ3n) is 2.48. The summed E-state index contributed by atoms with van der Waals surface area (Å²) in [6.45, 7) is 4.94. The highest BCUT2D eigenvalue weighted by molar-refractivity contribution is 8.22. The van der Waals surface area contributed by atoms with Crippen molar-refractivity contribution in [1.82, 2.24) is 0 Å². The van der Waals surface area contributed by atoms with Gasteiger partial charge in [0.15, 0.2) is 0 Å². The molecule has 0 atom stereocenters. The molecule has 0 rings (SSSR count). The maximum absolute atomic E-state index is 5.21. The number of hydrogen-bond donors (Lipinski definition) is 0. The largest absolute Gasteiger partial charge is 0.479 e. The Morgan fingerprint density at radius 2 is 1.50 bits per heavy atom. The van der Waals surface area contributed by atoms with Crippen LogP contribution in [0.4, 0.5) is 0 Å². The Balaban J connectivity index is 3.01. The van der Waals surface area contributed by atoms with E-state index in [-0.39, 0.29) is 0 Å². The fourth-order valence-corrected chi connectivity index (χ4v) is 2.64. The second-order valence-corrected chi connectivity index (χ2v) is 5.70. The molecule has 0 spiro atoms. The predicted molar refractivity (Wildman–Crippen MR) is 79.3 cm³/mol. The van der Waals surface area contributed by atoms with Crippen molar-refractivity contribution in [1.29, 1.82) is 0 Å². The second-order valence-electron chi connectivity index (χ2n) is 4.01. The molecular weight excluding hydrogens is 236 g/mol. The molecule has 3 heteroatoms. The van der Waals surface area contributed by atoms with Gasteiger partial charge < -0.3 is 4.74 Å². The van der Waals surface area contributed by atoms with Gasteiger partial charge in [0, 0.05) is 5.75 Å². The van der Waals surface area contributed by atoms with Gasteiger partial charge in [0.1, 0.15) is 0 Å². The minimum Gasteiger partial charge on any atom is -0.479 e. The molecule has 0 aromatic carbocycles. The molecule has 0 aromatic heterocycles. The van der Waals surface area contributed by atoms with Crippen LogP contribution in [0.2, 0.25) is 0 Å². The first kappa shape index (κ1) is 16.2. The highest BCUT2D eigenvalue weighted by Gasteiger charge is 1.97. The Morgan fingerprint density at radius 3 is 2.06 bits per heavy atom. The van der Waals surface area contributed by atoms with Gasteiger partial charge in [-0.05, 0) is 25.6 Å². The first-order valence-corrected chi connectivity index (χ1v) is 8.00. The SMILES string of the molecule is CCCCCCCCCCSC(=S)OCC. The lowest BCUT2D eigenvalue weighted by molar-refractivity contribution is 0.346. The fraction of sp³-hybridized carbons (Fsp3) is 0.923. The molecule has 16 heavy (non-hydrogen) atoms. The van der Waals surface area contributed by atoms with Crippen LogP contribution in [-0.4, -0.2) is 16.7 Å². The molecule has 0 saturated carbocycles. The van der Waals surface area contributed by atoms with Gasteiger partial charge in [0.05, 0.1) is 6.61 Å². The molecule has 1 nitrogen and oxygen atoms in total. The van der Waals surface area contributed by atoms with E-state index in [1.165, 1.54) is 51.4 Å². The summed E-state index contributed by atoms with van der Waals surface area (Å²) in [6.07, 6.45) is 11.0. The number of rotatable bonds is 10. The van der Waals surface area contributed by atoms with Crippen LogP contribution in [0.3, 0.4) is 0 Å². The zero-order valence-electron chi connectivity index (χ0n) is 10.8. The van der Waals surface area contributed by atoms with Crippen molar-refractivity contribution in [2.45, 2.75) is 65.2 Å². The van der Waals surface area contributed by atoms with Crippen molar-refractivity contribution in [3.8, 4) is 0 Å². The standard InChI is InChI=1S/C13H26OS2/c1-3-5-6-7-8-9-10-11-12-16-13(15)14-4-2/h3-12H2,1-2H3. The molecule has 0 N–H and O–H groups in total. The molecule has 96 valence electrons. The summed E-state index contributed by atoms with van der Waals surface area (Å²) in [7, 11) is 0. The molecule has 0 fully saturated rings. The normalized spacial score (nSPS) is 10.4. The summed E-state index contributed by atoms with van der Waals surface area (Å²) >= 11 is 6.72. The van der Waals surface area contributed by atoms with Gasteiger partial charge >= 0.3 is 0 Å². The van der Waals surface area contributed by atoms with E-state index in [2.05, 4.69) is 6.92 Å². The number of hydrogen-bond acceptors (Lipinski definition) is 3. The maximum atomic E-state index is 5.21.